The lowest BCUT2D eigenvalue weighted by Gasteiger charge is -2.35. The normalized spacial score (nSPS) is 24.6. The van der Waals surface area contributed by atoms with E-state index in [1.54, 1.807) is 0 Å². The van der Waals surface area contributed by atoms with E-state index in [1.807, 2.05) is 13.8 Å². The molecule has 18 heavy (non-hydrogen) atoms. The van der Waals surface area contributed by atoms with Crippen LogP contribution in [0.2, 0.25) is 0 Å². The van der Waals surface area contributed by atoms with Gasteiger partial charge in [0.25, 0.3) is 0 Å². The Bertz CT molecular complexity index is 251. The van der Waals surface area contributed by atoms with E-state index in [2.05, 4.69) is 24.5 Å². The lowest BCUT2D eigenvalue weighted by Crippen LogP contribution is -2.42. The van der Waals surface area contributed by atoms with Crippen LogP contribution in [0.1, 0.15) is 59.8 Å². The molecule has 2 atom stereocenters. The second-order valence-corrected chi connectivity index (χ2v) is 6.23. The fourth-order valence-corrected chi connectivity index (χ4v) is 2.98. The first kappa shape index (κ1) is 15.5. The van der Waals surface area contributed by atoms with Crippen molar-refractivity contribution in [3.63, 3.8) is 0 Å². The monoisotopic (exact) mass is 254 g/mol. The van der Waals surface area contributed by atoms with Gasteiger partial charge in [-0.15, -0.1) is 0 Å². The van der Waals surface area contributed by atoms with E-state index in [0.29, 0.717) is 12.5 Å². The Balaban J connectivity index is 2.26. The zero-order valence-electron chi connectivity index (χ0n) is 12.5. The third-order valence-electron chi connectivity index (χ3n) is 3.88. The minimum atomic E-state index is 0.161. The standard InChI is InChI=1S/C15H30N2O/c1-11(2)13-7-5-6-8-14(13)16-10-9-15(18)17-12(3)4/h11-14,16H,5-10H2,1-4H3,(H,17,18). The van der Waals surface area contributed by atoms with Crippen molar-refractivity contribution < 1.29 is 4.79 Å². The molecule has 0 bridgehead atoms. The minimum absolute atomic E-state index is 0.161. The summed E-state index contributed by atoms with van der Waals surface area (Å²) in [5.74, 6) is 1.69. The van der Waals surface area contributed by atoms with Crippen LogP contribution in [0, 0.1) is 11.8 Å². The number of nitrogens with one attached hydrogen (secondary N) is 2. The van der Waals surface area contributed by atoms with Crippen molar-refractivity contribution in [1.82, 2.24) is 10.6 Å². The molecule has 0 heterocycles. The molecule has 0 aromatic heterocycles. The molecule has 0 radical (unpaired) electrons. The fraction of sp³-hybridized carbons (Fsp3) is 0.933. The van der Waals surface area contributed by atoms with E-state index in [0.717, 1.165) is 18.4 Å². The van der Waals surface area contributed by atoms with Gasteiger partial charge in [-0.1, -0.05) is 26.7 Å². The van der Waals surface area contributed by atoms with Crippen molar-refractivity contribution in [2.24, 2.45) is 11.8 Å². The van der Waals surface area contributed by atoms with Crippen molar-refractivity contribution >= 4 is 5.91 Å². The van der Waals surface area contributed by atoms with Crippen LogP contribution in [0.5, 0.6) is 0 Å². The van der Waals surface area contributed by atoms with Crippen LogP contribution in [0.4, 0.5) is 0 Å². The molecular weight excluding hydrogens is 224 g/mol. The van der Waals surface area contributed by atoms with Crippen LogP contribution in [0.3, 0.4) is 0 Å². The highest BCUT2D eigenvalue weighted by Gasteiger charge is 2.26. The smallest absolute Gasteiger partial charge is 0.221 e. The Labute approximate surface area is 112 Å². The Morgan fingerprint density at radius 3 is 2.44 bits per heavy atom. The summed E-state index contributed by atoms with van der Waals surface area (Å²) in [5, 5.41) is 6.53. The van der Waals surface area contributed by atoms with Gasteiger partial charge in [-0.2, -0.15) is 0 Å². The second-order valence-electron chi connectivity index (χ2n) is 6.23. The summed E-state index contributed by atoms with van der Waals surface area (Å²) in [7, 11) is 0. The Kier molecular flexibility index (Phi) is 6.69. The molecule has 1 rings (SSSR count). The summed E-state index contributed by atoms with van der Waals surface area (Å²) in [6, 6.07) is 0.862. The maximum atomic E-state index is 11.6. The van der Waals surface area contributed by atoms with Crippen LogP contribution >= 0.6 is 0 Å². The van der Waals surface area contributed by atoms with Crippen LogP contribution in [0.15, 0.2) is 0 Å². The molecule has 0 aliphatic heterocycles. The number of carbonyl (C=O) groups is 1. The molecule has 0 aromatic rings. The molecule has 1 aliphatic rings. The zero-order valence-corrected chi connectivity index (χ0v) is 12.5. The Morgan fingerprint density at radius 1 is 1.17 bits per heavy atom. The Hall–Kier alpha value is -0.570. The first-order valence-corrected chi connectivity index (χ1v) is 7.53. The molecule has 1 saturated carbocycles. The number of hydrogen-bond acceptors (Lipinski definition) is 2. The fourth-order valence-electron chi connectivity index (χ4n) is 2.98. The highest BCUT2D eigenvalue weighted by atomic mass is 16.1. The van der Waals surface area contributed by atoms with Gasteiger partial charge in [0, 0.05) is 25.0 Å². The minimum Gasteiger partial charge on any atom is -0.354 e. The summed E-state index contributed by atoms with van der Waals surface area (Å²) < 4.78 is 0. The zero-order chi connectivity index (χ0) is 13.5. The molecule has 3 nitrogen and oxygen atoms in total. The highest BCUT2D eigenvalue weighted by Crippen LogP contribution is 2.30. The van der Waals surface area contributed by atoms with Gasteiger partial charge in [-0.25, -0.2) is 0 Å². The quantitative estimate of drug-likeness (QED) is 0.765. The van der Waals surface area contributed by atoms with E-state index in [1.165, 1.54) is 25.7 Å². The van der Waals surface area contributed by atoms with Crippen molar-refractivity contribution in [3.8, 4) is 0 Å². The molecule has 0 spiro atoms. The van der Waals surface area contributed by atoms with E-state index < -0.39 is 0 Å². The third kappa shape index (κ3) is 5.38. The van der Waals surface area contributed by atoms with Crippen molar-refractivity contribution in [2.75, 3.05) is 6.54 Å². The first-order chi connectivity index (χ1) is 8.50. The van der Waals surface area contributed by atoms with E-state index in [9.17, 15) is 4.79 Å². The largest absolute Gasteiger partial charge is 0.354 e. The van der Waals surface area contributed by atoms with Gasteiger partial charge in [-0.3, -0.25) is 4.79 Å². The molecule has 0 aromatic carbocycles. The molecule has 1 amide bonds. The summed E-state index contributed by atoms with van der Waals surface area (Å²) in [6.07, 6.45) is 5.91. The topological polar surface area (TPSA) is 41.1 Å². The molecule has 1 aliphatic carbocycles. The maximum Gasteiger partial charge on any atom is 0.221 e. The lowest BCUT2D eigenvalue weighted by molar-refractivity contribution is -0.121. The highest BCUT2D eigenvalue weighted by molar-refractivity contribution is 5.76. The van der Waals surface area contributed by atoms with Gasteiger partial charge >= 0.3 is 0 Å². The number of carbonyl (C=O) groups excluding carboxylic acids is 1. The molecular formula is C15H30N2O. The second kappa shape index (κ2) is 7.78. The maximum absolute atomic E-state index is 11.6. The van der Waals surface area contributed by atoms with Gasteiger partial charge < -0.3 is 10.6 Å². The molecule has 3 heteroatoms. The first-order valence-electron chi connectivity index (χ1n) is 7.53. The molecule has 2 unspecified atom stereocenters. The average Bonchev–Trinajstić information content (AvgIpc) is 2.28. The van der Waals surface area contributed by atoms with Gasteiger partial charge in [-0.05, 0) is 38.5 Å². The van der Waals surface area contributed by atoms with Gasteiger partial charge in [0.05, 0.1) is 0 Å². The lowest BCUT2D eigenvalue weighted by atomic mass is 9.78. The summed E-state index contributed by atoms with van der Waals surface area (Å²) in [5.41, 5.74) is 0. The average molecular weight is 254 g/mol. The number of rotatable bonds is 6. The molecule has 0 saturated heterocycles. The van der Waals surface area contributed by atoms with E-state index >= 15 is 0 Å². The van der Waals surface area contributed by atoms with Crippen LogP contribution < -0.4 is 10.6 Å². The SMILES string of the molecule is CC(C)NC(=O)CCNC1CCCCC1C(C)C. The van der Waals surface area contributed by atoms with Gasteiger partial charge in [0.15, 0.2) is 0 Å². The van der Waals surface area contributed by atoms with Crippen molar-refractivity contribution in [3.05, 3.63) is 0 Å². The van der Waals surface area contributed by atoms with Gasteiger partial charge in [0.1, 0.15) is 0 Å². The van der Waals surface area contributed by atoms with Crippen molar-refractivity contribution in [1.29, 1.82) is 0 Å². The van der Waals surface area contributed by atoms with Crippen LogP contribution in [0.25, 0.3) is 0 Å². The summed E-state index contributed by atoms with van der Waals surface area (Å²) in [6.45, 7) is 9.45. The molecule has 2 N–H and O–H groups in total. The predicted molar refractivity (Wildman–Crippen MR) is 76.5 cm³/mol. The summed E-state index contributed by atoms with van der Waals surface area (Å²) >= 11 is 0. The Morgan fingerprint density at radius 2 is 1.83 bits per heavy atom. The van der Waals surface area contributed by atoms with Gasteiger partial charge in [0.2, 0.25) is 5.91 Å². The summed E-state index contributed by atoms with van der Waals surface area (Å²) in [4.78, 5) is 11.6. The van der Waals surface area contributed by atoms with E-state index in [-0.39, 0.29) is 11.9 Å². The number of amides is 1. The molecule has 106 valence electrons. The number of hydrogen-bond donors (Lipinski definition) is 2. The third-order valence-corrected chi connectivity index (χ3v) is 3.88. The van der Waals surface area contributed by atoms with Crippen LogP contribution in [-0.2, 0) is 4.79 Å². The van der Waals surface area contributed by atoms with E-state index in [4.69, 9.17) is 0 Å². The molecule has 1 fully saturated rings. The van der Waals surface area contributed by atoms with Crippen LogP contribution in [-0.4, -0.2) is 24.5 Å². The van der Waals surface area contributed by atoms with Crippen molar-refractivity contribution in [2.45, 2.75) is 71.9 Å². The predicted octanol–water partition coefficient (Wildman–Crippen LogP) is 2.71.